The Morgan fingerprint density at radius 2 is 2.18 bits per heavy atom. The molecule has 0 radical (unpaired) electrons. The number of halogens is 1. The quantitative estimate of drug-likeness (QED) is 0.393. The molecule has 0 saturated carbocycles. The Bertz CT molecular complexity index is 150. The first kappa shape index (κ1) is 10.5. The lowest BCUT2D eigenvalue weighted by Gasteiger charge is -1.98. The minimum absolute atomic E-state index is 0.0504. The molecule has 1 N–H and O–H groups in total. The highest BCUT2D eigenvalue weighted by molar-refractivity contribution is 6.27. The number of carbonyl (C=O) groups is 1. The van der Waals surface area contributed by atoms with Crippen LogP contribution in [0.5, 0.6) is 0 Å². The predicted octanol–water partition coefficient (Wildman–Crippen LogP) is 1.70. The van der Waals surface area contributed by atoms with Crippen LogP contribution >= 0.6 is 11.6 Å². The SMILES string of the molecule is CC(C)=CCCNC(=O)CCl. The van der Waals surface area contributed by atoms with E-state index < -0.39 is 0 Å². The molecule has 0 saturated heterocycles. The van der Waals surface area contributed by atoms with Gasteiger partial charge in [-0.05, 0) is 20.3 Å². The molecule has 0 heterocycles. The maximum Gasteiger partial charge on any atom is 0.234 e. The average Bonchev–Trinajstić information content (AvgIpc) is 1.97. The van der Waals surface area contributed by atoms with E-state index in [4.69, 9.17) is 11.6 Å². The number of carbonyl (C=O) groups excluding carboxylic acids is 1. The third kappa shape index (κ3) is 7.40. The van der Waals surface area contributed by atoms with Gasteiger partial charge in [0.05, 0.1) is 0 Å². The van der Waals surface area contributed by atoms with Gasteiger partial charge in [0, 0.05) is 6.54 Å². The van der Waals surface area contributed by atoms with Crippen molar-refractivity contribution in [2.45, 2.75) is 20.3 Å². The van der Waals surface area contributed by atoms with Crippen molar-refractivity contribution in [2.24, 2.45) is 0 Å². The van der Waals surface area contributed by atoms with E-state index in [1.54, 1.807) is 0 Å². The fourth-order valence-electron chi connectivity index (χ4n) is 0.620. The van der Waals surface area contributed by atoms with Crippen LogP contribution in [0, 0.1) is 0 Å². The molecule has 0 aliphatic carbocycles. The van der Waals surface area contributed by atoms with Crippen molar-refractivity contribution in [3.8, 4) is 0 Å². The van der Waals surface area contributed by atoms with Gasteiger partial charge >= 0.3 is 0 Å². The molecule has 0 atom stereocenters. The predicted molar refractivity (Wildman–Crippen MR) is 47.8 cm³/mol. The lowest BCUT2D eigenvalue weighted by atomic mass is 10.3. The number of nitrogens with one attached hydrogen (secondary N) is 1. The maximum atomic E-state index is 10.6. The molecule has 0 aromatic carbocycles. The number of hydrogen-bond donors (Lipinski definition) is 1. The maximum absolute atomic E-state index is 10.6. The third-order valence-corrected chi connectivity index (χ3v) is 1.38. The molecule has 2 nitrogen and oxygen atoms in total. The summed E-state index contributed by atoms with van der Waals surface area (Å²) in [7, 11) is 0. The van der Waals surface area contributed by atoms with E-state index in [0.29, 0.717) is 6.54 Å². The van der Waals surface area contributed by atoms with E-state index in [9.17, 15) is 4.79 Å². The van der Waals surface area contributed by atoms with E-state index in [-0.39, 0.29) is 11.8 Å². The Labute approximate surface area is 72.6 Å². The minimum Gasteiger partial charge on any atom is -0.355 e. The summed E-state index contributed by atoms with van der Waals surface area (Å²) >= 11 is 5.27. The third-order valence-electron chi connectivity index (χ3n) is 1.14. The van der Waals surface area contributed by atoms with Gasteiger partial charge in [0.2, 0.25) is 5.91 Å². The van der Waals surface area contributed by atoms with Crippen LogP contribution in [0.25, 0.3) is 0 Å². The summed E-state index contributed by atoms with van der Waals surface area (Å²) in [6.07, 6.45) is 2.96. The van der Waals surface area contributed by atoms with E-state index in [2.05, 4.69) is 11.4 Å². The second-order valence-electron chi connectivity index (χ2n) is 2.55. The second-order valence-corrected chi connectivity index (χ2v) is 2.82. The van der Waals surface area contributed by atoms with Crippen LogP contribution in [0.3, 0.4) is 0 Å². The Hall–Kier alpha value is -0.500. The molecule has 1 amide bonds. The monoisotopic (exact) mass is 175 g/mol. The van der Waals surface area contributed by atoms with Gasteiger partial charge in [-0.15, -0.1) is 11.6 Å². The molecule has 0 bridgehead atoms. The highest BCUT2D eigenvalue weighted by Crippen LogP contribution is 1.90. The topological polar surface area (TPSA) is 29.1 Å². The smallest absolute Gasteiger partial charge is 0.234 e. The summed E-state index contributed by atoms with van der Waals surface area (Å²) in [5.41, 5.74) is 1.27. The Morgan fingerprint density at radius 3 is 2.64 bits per heavy atom. The van der Waals surface area contributed by atoms with E-state index in [1.165, 1.54) is 5.57 Å². The van der Waals surface area contributed by atoms with Crippen molar-refractivity contribution >= 4 is 17.5 Å². The standard InChI is InChI=1S/C8H14ClNO/c1-7(2)4-3-5-10-8(11)6-9/h4H,3,5-6H2,1-2H3,(H,10,11). The number of rotatable bonds is 4. The van der Waals surface area contributed by atoms with Crippen LogP contribution in [0.1, 0.15) is 20.3 Å². The average molecular weight is 176 g/mol. The molecule has 0 aliphatic heterocycles. The summed E-state index contributed by atoms with van der Waals surface area (Å²) in [4.78, 5) is 10.6. The highest BCUT2D eigenvalue weighted by Gasteiger charge is 1.93. The van der Waals surface area contributed by atoms with Crippen molar-refractivity contribution < 1.29 is 4.79 Å². The van der Waals surface area contributed by atoms with Gasteiger partial charge < -0.3 is 5.32 Å². The van der Waals surface area contributed by atoms with Crippen LogP contribution in [0.4, 0.5) is 0 Å². The number of hydrogen-bond acceptors (Lipinski definition) is 1. The van der Waals surface area contributed by atoms with Crippen molar-refractivity contribution in [3.63, 3.8) is 0 Å². The number of allylic oxidation sites excluding steroid dienone is 1. The molecule has 0 aliphatic rings. The van der Waals surface area contributed by atoms with Gasteiger partial charge in [-0.3, -0.25) is 4.79 Å². The molecule has 0 unspecified atom stereocenters. The first-order valence-corrected chi connectivity index (χ1v) is 4.16. The van der Waals surface area contributed by atoms with Crippen LogP contribution in [-0.4, -0.2) is 18.3 Å². The fraction of sp³-hybridized carbons (Fsp3) is 0.625. The van der Waals surface area contributed by atoms with Crippen LogP contribution in [0.15, 0.2) is 11.6 Å². The summed E-state index contributed by atoms with van der Waals surface area (Å²) in [5.74, 6) is -0.0525. The van der Waals surface area contributed by atoms with Crippen molar-refractivity contribution in [2.75, 3.05) is 12.4 Å². The molecule has 0 aromatic heterocycles. The zero-order chi connectivity index (χ0) is 8.69. The normalized spacial score (nSPS) is 9.00. The lowest BCUT2D eigenvalue weighted by molar-refractivity contribution is -0.118. The zero-order valence-electron chi connectivity index (χ0n) is 6.98. The van der Waals surface area contributed by atoms with E-state index >= 15 is 0 Å². The first-order chi connectivity index (χ1) is 5.16. The van der Waals surface area contributed by atoms with Gasteiger partial charge in [0.1, 0.15) is 5.88 Å². The van der Waals surface area contributed by atoms with Gasteiger partial charge in [-0.25, -0.2) is 0 Å². The molecule has 0 spiro atoms. The molecule has 0 rings (SSSR count). The van der Waals surface area contributed by atoms with Crippen LogP contribution in [-0.2, 0) is 4.79 Å². The van der Waals surface area contributed by atoms with Crippen molar-refractivity contribution in [3.05, 3.63) is 11.6 Å². The van der Waals surface area contributed by atoms with E-state index in [1.807, 2.05) is 13.8 Å². The van der Waals surface area contributed by atoms with Crippen molar-refractivity contribution in [1.29, 1.82) is 0 Å². The summed E-state index contributed by atoms with van der Waals surface area (Å²) in [6, 6.07) is 0. The molecule has 11 heavy (non-hydrogen) atoms. The van der Waals surface area contributed by atoms with Gasteiger partial charge in [0.15, 0.2) is 0 Å². The van der Waals surface area contributed by atoms with Gasteiger partial charge in [-0.2, -0.15) is 0 Å². The highest BCUT2D eigenvalue weighted by atomic mass is 35.5. The summed E-state index contributed by atoms with van der Waals surface area (Å²) < 4.78 is 0. The molecule has 64 valence electrons. The minimum atomic E-state index is -0.103. The van der Waals surface area contributed by atoms with Crippen molar-refractivity contribution in [1.82, 2.24) is 5.32 Å². The fourth-order valence-corrected chi connectivity index (χ4v) is 0.714. The number of amides is 1. The zero-order valence-corrected chi connectivity index (χ0v) is 7.74. The molecule has 0 aromatic rings. The summed E-state index contributed by atoms with van der Waals surface area (Å²) in [6.45, 7) is 4.74. The second kappa shape index (κ2) is 6.23. The van der Waals surface area contributed by atoms with Crippen LogP contribution < -0.4 is 5.32 Å². The van der Waals surface area contributed by atoms with E-state index in [0.717, 1.165) is 6.42 Å². The van der Waals surface area contributed by atoms with Crippen LogP contribution in [0.2, 0.25) is 0 Å². The summed E-state index contributed by atoms with van der Waals surface area (Å²) in [5, 5.41) is 2.67. The molecular weight excluding hydrogens is 162 g/mol. The Morgan fingerprint density at radius 1 is 1.55 bits per heavy atom. The first-order valence-electron chi connectivity index (χ1n) is 3.63. The Balaban J connectivity index is 3.28. The molecular formula is C8H14ClNO. The van der Waals surface area contributed by atoms with Gasteiger partial charge in [0.25, 0.3) is 0 Å². The molecule has 3 heteroatoms. The largest absolute Gasteiger partial charge is 0.355 e. The molecule has 0 fully saturated rings. The Kier molecular flexibility index (Phi) is 5.94. The number of alkyl halides is 1. The lowest BCUT2D eigenvalue weighted by Crippen LogP contribution is -2.24. The van der Waals surface area contributed by atoms with Gasteiger partial charge in [-0.1, -0.05) is 11.6 Å².